The maximum Gasteiger partial charge on any atom is 0.320 e. The summed E-state index contributed by atoms with van der Waals surface area (Å²) in [7, 11) is 1.63. The third-order valence-electron chi connectivity index (χ3n) is 7.90. The average Bonchev–Trinajstić information content (AvgIpc) is 3.58. The van der Waals surface area contributed by atoms with Crippen LogP contribution >= 0.6 is 0 Å². The monoisotopic (exact) mass is 480 g/mol. The fourth-order valence-electron chi connectivity index (χ4n) is 6.04. The molecule has 188 valence electrons. The molecule has 4 rings (SSSR count). The van der Waals surface area contributed by atoms with Crippen molar-refractivity contribution in [1.82, 2.24) is 14.4 Å². The molecule has 2 saturated heterocycles. The number of carbonyl (C=O) groups is 2. The van der Waals surface area contributed by atoms with Gasteiger partial charge in [0.25, 0.3) is 0 Å². The Morgan fingerprint density at radius 2 is 2.06 bits per heavy atom. The highest BCUT2D eigenvalue weighted by molar-refractivity contribution is 5.83. The molecule has 2 amide bonds. The Balaban J connectivity index is 1.50. The lowest BCUT2D eigenvalue weighted by Gasteiger charge is -2.34. The zero-order valence-corrected chi connectivity index (χ0v) is 20.9. The highest BCUT2D eigenvalue weighted by Gasteiger charge is 2.44. The number of likely N-dealkylation sites (tertiary alicyclic amines) is 2. The Hall–Kier alpha value is -3.05. The van der Waals surface area contributed by atoms with Crippen LogP contribution in [0.15, 0.2) is 24.3 Å². The molecule has 1 aromatic carbocycles. The van der Waals surface area contributed by atoms with Gasteiger partial charge in [-0.3, -0.25) is 4.79 Å². The molecule has 2 aromatic rings. The maximum absolute atomic E-state index is 13.7. The van der Waals surface area contributed by atoms with Crippen LogP contribution in [0.25, 0.3) is 10.9 Å². The second kappa shape index (κ2) is 10.7. The summed E-state index contributed by atoms with van der Waals surface area (Å²) in [5, 5.41) is 20.2. The van der Waals surface area contributed by atoms with Crippen LogP contribution in [0.2, 0.25) is 0 Å². The predicted molar refractivity (Wildman–Crippen MR) is 133 cm³/mol. The smallest absolute Gasteiger partial charge is 0.320 e. The largest absolute Gasteiger partial charge is 0.481 e. The quantitative estimate of drug-likeness (QED) is 0.609. The molecule has 3 heterocycles. The Labute approximate surface area is 207 Å². The van der Waals surface area contributed by atoms with Crippen molar-refractivity contribution in [3.8, 4) is 6.07 Å². The van der Waals surface area contributed by atoms with Crippen molar-refractivity contribution in [3.05, 3.63) is 35.5 Å². The van der Waals surface area contributed by atoms with Gasteiger partial charge in [0.15, 0.2) is 0 Å². The molecule has 35 heavy (non-hydrogen) atoms. The zero-order chi connectivity index (χ0) is 25.1. The number of carboxylic acid groups (broad SMARTS) is 1. The lowest BCUT2D eigenvalue weighted by atomic mass is 9.94. The molecule has 0 saturated carbocycles. The van der Waals surface area contributed by atoms with Crippen molar-refractivity contribution in [1.29, 1.82) is 5.26 Å². The van der Waals surface area contributed by atoms with Crippen LogP contribution < -0.4 is 0 Å². The normalized spacial score (nSPS) is 23.1. The number of nitrogens with zero attached hydrogens (tertiary/aromatic N) is 4. The van der Waals surface area contributed by atoms with Gasteiger partial charge < -0.3 is 24.2 Å². The van der Waals surface area contributed by atoms with E-state index >= 15 is 0 Å². The van der Waals surface area contributed by atoms with Crippen molar-refractivity contribution in [3.63, 3.8) is 0 Å². The molecule has 4 atom stereocenters. The fraction of sp³-hybridized carbons (Fsp3) is 0.593. The van der Waals surface area contributed by atoms with E-state index < -0.39 is 11.9 Å². The van der Waals surface area contributed by atoms with Crippen molar-refractivity contribution in [2.24, 2.45) is 5.92 Å². The summed E-state index contributed by atoms with van der Waals surface area (Å²) in [6, 6.07) is 9.96. The van der Waals surface area contributed by atoms with Crippen LogP contribution in [0.3, 0.4) is 0 Å². The van der Waals surface area contributed by atoms with Crippen molar-refractivity contribution in [2.45, 2.75) is 77.1 Å². The minimum atomic E-state index is -0.850. The summed E-state index contributed by atoms with van der Waals surface area (Å²) in [6.45, 7) is 5.95. The summed E-state index contributed by atoms with van der Waals surface area (Å²) in [6.07, 6.45) is 4.54. The summed E-state index contributed by atoms with van der Waals surface area (Å²) in [4.78, 5) is 29.3. The predicted octanol–water partition coefficient (Wildman–Crippen LogP) is 4.25. The molecule has 2 aliphatic heterocycles. The van der Waals surface area contributed by atoms with Gasteiger partial charge in [0, 0.05) is 50.0 Å². The van der Waals surface area contributed by atoms with Crippen LogP contribution in [0, 0.1) is 17.2 Å². The standard InChI is InChI=1S/C27H36N4O4/c1-4-23(26(32)33)25-15-22(35-3)17-31(25)27(34)30-12-6-7-20(30)10-11-21-14-19-9-8-18(16-28)13-24(19)29(21)5-2/h8-9,13-14,20,22-23,25H,4-7,10-12,15,17H2,1-3H3,(H,32,33)/t20-,22?,23?,25?/m0/s1. The third-order valence-corrected chi connectivity index (χ3v) is 7.90. The van der Waals surface area contributed by atoms with E-state index in [1.165, 1.54) is 5.69 Å². The van der Waals surface area contributed by atoms with Gasteiger partial charge in [-0.15, -0.1) is 0 Å². The summed E-state index contributed by atoms with van der Waals surface area (Å²) >= 11 is 0. The number of aromatic nitrogens is 1. The number of aliphatic carboxylic acids is 1. The van der Waals surface area contributed by atoms with Gasteiger partial charge in [-0.1, -0.05) is 13.0 Å². The second-order valence-electron chi connectivity index (χ2n) is 9.74. The average molecular weight is 481 g/mol. The minimum absolute atomic E-state index is 0.0496. The van der Waals surface area contributed by atoms with Crippen molar-refractivity contribution < 1.29 is 19.4 Å². The number of urea groups is 1. The fourth-order valence-corrected chi connectivity index (χ4v) is 6.04. The first kappa shape index (κ1) is 25.1. The van der Waals surface area contributed by atoms with Crippen LogP contribution in [0.4, 0.5) is 4.79 Å². The lowest BCUT2D eigenvalue weighted by molar-refractivity contribution is -0.143. The number of hydrogen-bond acceptors (Lipinski definition) is 4. The molecule has 2 aliphatic rings. The van der Waals surface area contributed by atoms with E-state index in [0.29, 0.717) is 31.5 Å². The molecule has 8 heteroatoms. The molecule has 2 fully saturated rings. The highest BCUT2D eigenvalue weighted by atomic mass is 16.5. The summed E-state index contributed by atoms with van der Waals surface area (Å²) in [5.41, 5.74) is 2.95. The number of nitriles is 1. The molecule has 1 N–H and O–H groups in total. The Bertz CT molecular complexity index is 1120. The van der Waals surface area contributed by atoms with E-state index in [9.17, 15) is 20.0 Å². The first-order valence-corrected chi connectivity index (χ1v) is 12.8. The molecule has 0 spiro atoms. The molecular formula is C27H36N4O4. The highest BCUT2D eigenvalue weighted by Crippen LogP contribution is 2.32. The third kappa shape index (κ3) is 4.87. The van der Waals surface area contributed by atoms with Gasteiger partial charge in [0.1, 0.15) is 0 Å². The molecule has 0 aliphatic carbocycles. The van der Waals surface area contributed by atoms with Crippen LogP contribution in [-0.2, 0) is 22.5 Å². The number of benzene rings is 1. The number of rotatable bonds is 8. The topological polar surface area (TPSA) is 98.8 Å². The number of amides is 2. The lowest BCUT2D eigenvalue weighted by Crippen LogP contribution is -2.50. The van der Waals surface area contributed by atoms with E-state index in [-0.39, 0.29) is 24.2 Å². The molecular weight excluding hydrogens is 444 g/mol. The molecule has 3 unspecified atom stereocenters. The number of ether oxygens (including phenoxy) is 1. The van der Waals surface area contributed by atoms with E-state index in [1.54, 1.807) is 12.0 Å². The summed E-state index contributed by atoms with van der Waals surface area (Å²) < 4.78 is 7.79. The van der Waals surface area contributed by atoms with E-state index in [1.807, 2.05) is 30.0 Å². The molecule has 0 bridgehead atoms. The number of aryl methyl sites for hydroxylation is 2. The Kier molecular flexibility index (Phi) is 7.66. The van der Waals surface area contributed by atoms with E-state index in [4.69, 9.17) is 4.74 Å². The number of carbonyl (C=O) groups excluding carboxylic acids is 1. The van der Waals surface area contributed by atoms with Crippen molar-refractivity contribution in [2.75, 3.05) is 20.2 Å². The van der Waals surface area contributed by atoms with Crippen LogP contribution in [-0.4, -0.2) is 69.9 Å². The first-order chi connectivity index (χ1) is 16.9. The Morgan fingerprint density at radius 3 is 2.71 bits per heavy atom. The SMILES string of the molecule is CCC(C(=O)O)C1CC(OC)CN1C(=O)N1CCC[C@H]1CCc1cc2ccc(C#N)cc2n1CC. The first-order valence-electron chi connectivity index (χ1n) is 12.8. The van der Waals surface area contributed by atoms with E-state index in [0.717, 1.165) is 43.1 Å². The minimum Gasteiger partial charge on any atom is -0.481 e. The molecule has 1 aromatic heterocycles. The van der Waals surface area contributed by atoms with Gasteiger partial charge in [-0.05, 0) is 69.0 Å². The summed E-state index contributed by atoms with van der Waals surface area (Å²) in [5.74, 6) is -1.43. The van der Waals surface area contributed by atoms with Gasteiger partial charge in [-0.2, -0.15) is 5.26 Å². The Morgan fingerprint density at radius 1 is 1.26 bits per heavy atom. The van der Waals surface area contributed by atoms with Gasteiger partial charge in [-0.25, -0.2) is 4.79 Å². The van der Waals surface area contributed by atoms with Crippen LogP contribution in [0.1, 0.15) is 57.2 Å². The van der Waals surface area contributed by atoms with Gasteiger partial charge in [0.05, 0.1) is 23.7 Å². The van der Waals surface area contributed by atoms with E-state index in [2.05, 4.69) is 23.6 Å². The van der Waals surface area contributed by atoms with Gasteiger partial charge in [0.2, 0.25) is 0 Å². The number of methoxy groups -OCH3 is 1. The number of carboxylic acids is 1. The van der Waals surface area contributed by atoms with Crippen LogP contribution in [0.5, 0.6) is 0 Å². The molecule has 8 nitrogen and oxygen atoms in total. The zero-order valence-electron chi connectivity index (χ0n) is 20.9. The number of fused-ring (bicyclic) bond motifs is 1. The molecule has 0 radical (unpaired) electrons. The van der Waals surface area contributed by atoms with Gasteiger partial charge >= 0.3 is 12.0 Å². The van der Waals surface area contributed by atoms with Crippen molar-refractivity contribution >= 4 is 22.9 Å². The maximum atomic E-state index is 13.7. The second-order valence-corrected chi connectivity index (χ2v) is 9.74. The number of hydrogen-bond donors (Lipinski definition) is 1.